The smallest absolute Gasteiger partial charge is 0.457 e. The molecule has 0 fully saturated rings. The molecule has 0 atom stereocenters. The van der Waals surface area contributed by atoms with Crippen LogP contribution in [0.25, 0.3) is 10.9 Å². The zero-order chi connectivity index (χ0) is 21.7. The summed E-state index contributed by atoms with van der Waals surface area (Å²) in [5.41, 5.74) is 7.36. The second-order valence-corrected chi connectivity index (χ2v) is 6.22. The van der Waals surface area contributed by atoms with E-state index in [9.17, 15) is 18.0 Å². The molecule has 0 radical (unpaired) electrons. The van der Waals surface area contributed by atoms with Gasteiger partial charge in [-0.15, -0.1) is 13.2 Å². The number of benzene rings is 2. The normalized spacial score (nSPS) is 11.9. The van der Waals surface area contributed by atoms with Crippen LogP contribution in [-0.4, -0.2) is 23.3 Å². The van der Waals surface area contributed by atoms with Gasteiger partial charge < -0.3 is 15.2 Å². The molecule has 0 saturated carbocycles. The standard InChI is InChI=1S/C20H17F3N4O3/c1-12-2-5-14-10-16(8-9-17(14)25-12)30-15-6-3-13(4-7-15)11-29-19(28)26-18(24)27-20(21,22)23/h2-10H,11H2,1H3,(H3,24,26,27,28). The van der Waals surface area contributed by atoms with E-state index in [-0.39, 0.29) is 6.61 Å². The van der Waals surface area contributed by atoms with E-state index in [1.54, 1.807) is 29.6 Å². The predicted octanol–water partition coefficient (Wildman–Crippen LogP) is 4.40. The molecule has 3 rings (SSSR count). The number of amides is 1. The van der Waals surface area contributed by atoms with Crippen molar-refractivity contribution in [1.29, 1.82) is 0 Å². The third-order valence-electron chi connectivity index (χ3n) is 3.81. The maximum absolute atomic E-state index is 12.0. The summed E-state index contributed by atoms with van der Waals surface area (Å²) in [5.74, 6) is 0.0946. The molecule has 30 heavy (non-hydrogen) atoms. The molecule has 1 amide bonds. The second-order valence-electron chi connectivity index (χ2n) is 6.22. The van der Waals surface area contributed by atoms with E-state index >= 15 is 0 Å². The van der Waals surface area contributed by atoms with E-state index in [0.29, 0.717) is 17.1 Å². The number of pyridine rings is 1. The van der Waals surface area contributed by atoms with Crippen LogP contribution in [0, 0.1) is 6.92 Å². The molecule has 2 aromatic carbocycles. The Bertz CT molecular complexity index is 1080. The van der Waals surface area contributed by atoms with Crippen molar-refractivity contribution < 1.29 is 27.4 Å². The first kappa shape index (κ1) is 20.9. The molecular weight excluding hydrogens is 401 g/mol. The van der Waals surface area contributed by atoms with Gasteiger partial charge in [0.15, 0.2) is 0 Å². The van der Waals surface area contributed by atoms with Crippen molar-refractivity contribution in [3.63, 3.8) is 0 Å². The third-order valence-corrected chi connectivity index (χ3v) is 3.81. The van der Waals surface area contributed by atoms with Crippen molar-refractivity contribution >= 4 is 23.0 Å². The Morgan fingerprint density at radius 3 is 2.50 bits per heavy atom. The van der Waals surface area contributed by atoms with Gasteiger partial charge in [0.2, 0.25) is 5.96 Å². The number of carbonyl (C=O) groups excluding carboxylic acids is 1. The van der Waals surface area contributed by atoms with E-state index < -0.39 is 18.4 Å². The van der Waals surface area contributed by atoms with Gasteiger partial charge in [-0.1, -0.05) is 18.2 Å². The Balaban J connectivity index is 1.55. The van der Waals surface area contributed by atoms with E-state index in [1.807, 2.05) is 37.3 Å². The van der Waals surface area contributed by atoms with Gasteiger partial charge in [-0.3, -0.25) is 10.3 Å². The lowest BCUT2D eigenvalue weighted by Crippen LogP contribution is -2.38. The molecule has 0 aliphatic rings. The Kier molecular flexibility index (Phi) is 6.05. The molecule has 0 unspecified atom stereocenters. The minimum absolute atomic E-state index is 0.174. The largest absolute Gasteiger partial charge is 0.506 e. The molecule has 156 valence electrons. The number of ether oxygens (including phenoxy) is 2. The van der Waals surface area contributed by atoms with Crippen LogP contribution in [0.5, 0.6) is 11.5 Å². The molecule has 0 saturated heterocycles. The number of nitrogens with zero attached hydrogens (tertiary/aromatic N) is 2. The summed E-state index contributed by atoms with van der Waals surface area (Å²) >= 11 is 0. The summed E-state index contributed by atoms with van der Waals surface area (Å²) in [6.07, 6.45) is -6.03. The van der Waals surface area contributed by atoms with Crippen molar-refractivity contribution in [2.24, 2.45) is 10.7 Å². The number of rotatable bonds is 4. The number of fused-ring (bicyclic) bond motifs is 1. The summed E-state index contributed by atoms with van der Waals surface area (Å²) in [4.78, 5) is 18.0. The highest BCUT2D eigenvalue weighted by molar-refractivity contribution is 5.92. The second kappa shape index (κ2) is 8.68. The van der Waals surface area contributed by atoms with Gasteiger partial charge in [0.1, 0.15) is 18.1 Å². The number of nitrogens with two attached hydrogens (primary N) is 1. The van der Waals surface area contributed by atoms with Gasteiger partial charge in [0.05, 0.1) is 5.52 Å². The molecule has 0 aliphatic heterocycles. The number of hydrogen-bond donors (Lipinski definition) is 2. The zero-order valence-electron chi connectivity index (χ0n) is 15.7. The van der Waals surface area contributed by atoms with Crippen LogP contribution in [0.3, 0.4) is 0 Å². The number of carbonyl (C=O) groups is 1. The van der Waals surface area contributed by atoms with Crippen LogP contribution in [0.4, 0.5) is 18.0 Å². The molecule has 7 nitrogen and oxygen atoms in total. The topological polar surface area (TPSA) is 98.8 Å². The van der Waals surface area contributed by atoms with Crippen molar-refractivity contribution in [2.75, 3.05) is 0 Å². The van der Waals surface area contributed by atoms with Crippen molar-refractivity contribution in [2.45, 2.75) is 19.8 Å². The molecule has 0 aliphatic carbocycles. The van der Waals surface area contributed by atoms with Gasteiger partial charge in [0, 0.05) is 11.1 Å². The Morgan fingerprint density at radius 1 is 1.10 bits per heavy atom. The fraction of sp³-hybridized carbons (Fsp3) is 0.150. The van der Waals surface area contributed by atoms with Gasteiger partial charge in [-0.05, 0) is 48.9 Å². The van der Waals surface area contributed by atoms with Crippen LogP contribution in [0.2, 0.25) is 0 Å². The first-order chi connectivity index (χ1) is 14.2. The maximum Gasteiger partial charge on any atom is 0.506 e. The number of aryl methyl sites for hydroxylation is 1. The highest BCUT2D eigenvalue weighted by atomic mass is 19.4. The first-order valence-electron chi connectivity index (χ1n) is 8.68. The summed E-state index contributed by atoms with van der Waals surface area (Å²) in [7, 11) is 0. The van der Waals surface area contributed by atoms with Crippen molar-refractivity contribution in [3.05, 3.63) is 65.9 Å². The zero-order valence-corrected chi connectivity index (χ0v) is 15.7. The number of hydrogen-bond acceptors (Lipinski definition) is 5. The number of alkyl halides is 3. The third kappa shape index (κ3) is 6.09. The molecule has 0 spiro atoms. The van der Waals surface area contributed by atoms with Crippen molar-refractivity contribution in [3.8, 4) is 11.5 Å². The highest BCUT2D eigenvalue weighted by Gasteiger charge is 2.27. The van der Waals surface area contributed by atoms with Crippen LogP contribution >= 0.6 is 0 Å². The average Bonchev–Trinajstić information content (AvgIpc) is 2.66. The van der Waals surface area contributed by atoms with E-state index in [1.165, 1.54) is 0 Å². The molecule has 3 N–H and O–H groups in total. The van der Waals surface area contributed by atoms with Crippen LogP contribution in [0.15, 0.2) is 59.6 Å². The average molecular weight is 418 g/mol. The molecule has 3 aromatic rings. The quantitative estimate of drug-likeness (QED) is 0.372. The Morgan fingerprint density at radius 2 is 1.80 bits per heavy atom. The minimum atomic E-state index is -4.88. The summed E-state index contributed by atoms with van der Waals surface area (Å²) in [6, 6.07) is 16.1. The number of aromatic nitrogens is 1. The van der Waals surface area contributed by atoms with Crippen LogP contribution in [-0.2, 0) is 11.3 Å². The number of aliphatic imine (C=N–C) groups is 1. The van der Waals surface area contributed by atoms with Crippen LogP contribution < -0.4 is 15.8 Å². The lowest BCUT2D eigenvalue weighted by molar-refractivity contribution is -0.119. The lowest BCUT2D eigenvalue weighted by Gasteiger charge is -2.09. The molecule has 0 bridgehead atoms. The van der Waals surface area contributed by atoms with E-state index in [2.05, 4.69) is 9.98 Å². The summed E-state index contributed by atoms with van der Waals surface area (Å²) in [5, 5.41) is 2.63. The SMILES string of the molecule is Cc1ccc2cc(Oc3ccc(COC(=O)N/C(N)=N/C(F)(F)F)cc3)ccc2n1. The van der Waals surface area contributed by atoms with Gasteiger partial charge in [0.25, 0.3) is 0 Å². The Labute approximate surface area is 169 Å². The fourth-order valence-electron chi connectivity index (χ4n) is 2.51. The first-order valence-corrected chi connectivity index (χ1v) is 8.68. The fourth-order valence-corrected chi connectivity index (χ4v) is 2.51. The number of nitrogens with one attached hydrogen (secondary N) is 1. The lowest BCUT2D eigenvalue weighted by atomic mass is 10.2. The monoisotopic (exact) mass is 418 g/mol. The maximum atomic E-state index is 12.0. The number of halogens is 3. The van der Waals surface area contributed by atoms with Gasteiger partial charge >= 0.3 is 12.4 Å². The Hall–Kier alpha value is -3.82. The minimum Gasteiger partial charge on any atom is -0.457 e. The number of guanidine groups is 1. The summed E-state index contributed by atoms with van der Waals surface area (Å²) < 4.78 is 46.7. The van der Waals surface area contributed by atoms with Gasteiger partial charge in [-0.25, -0.2) is 4.79 Å². The summed E-state index contributed by atoms with van der Waals surface area (Å²) in [6.45, 7) is 1.75. The van der Waals surface area contributed by atoms with Gasteiger partial charge in [-0.2, -0.15) is 4.99 Å². The number of alkyl carbamates (subject to hydrolysis) is 1. The molecular formula is C20H17F3N4O3. The highest BCUT2D eigenvalue weighted by Crippen LogP contribution is 2.25. The van der Waals surface area contributed by atoms with E-state index in [0.717, 1.165) is 16.6 Å². The van der Waals surface area contributed by atoms with E-state index in [4.69, 9.17) is 15.2 Å². The predicted molar refractivity (Wildman–Crippen MR) is 104 cm³/mol. The van der Waals surface area contributed by atoms with Crippen molar-refractivity contribution in [1.82, 2.24) is 10.3 Å². The van der Waals surface area contributed by atoms with Crippen LogP contribution in [0.1, 0.15) is 11.3 Å². The molecule has 1 heterocycles. The molecule has 10 heteroatoms. The molecule has 1 aromatic heterocycles.